The molecule has 4 atom stereocenters. The minimum Gasteiger partial charge on any atom is -0.388 e. The van der Waals surface area contributed by atoms with E-state index in [1.54, 1.807) is 0 Å². The van der Waals surface area contributed by atoms with Crippen molar-refractivity contribution in [2.45, 2.75) is 24.6 Å². The molecular weight excluding hydrogens is 140 g/mol. The molecule has 0 unspecified atom stereocenters. The molecule has 1 aliphatic heterocycles. The lowest BCUT2D eigenvalue weighted by molar-refractivity contribution is -0.252. The van der Waals surface area contributed by atoms with E-state index < -0.39 is 24.6 Å². The van der Waals surface area contributed by atoms with Crippen LogP contribution in [0.1, 0.15) is 0 Å². The lowest BCUT2D eigenvalue weighted by atomic mass is 10.1. The Morgan fingerprint density at radius 1 is 1.00 bits per heavy atom. The lowest BCUT2D eigenvalue weighted by Gasteiger charge is -2.31. The van der Waals surface area contributed by atoms with Crippen LogP contribution in [-0.2, 0) is 4.74 Å². The quantitative estimate of drug-likeness (QED) is 0.304. The van der Waals surface area contributed by atoms with Crippen LogP contribution in [0, 0.1) is 0 Å². The number of hydrogen-bond acceptors (Lipinski definition) is 5. The Bertz CT molecular complexity index is 103. The van der Waals surface area contributed by atoms with Gasteiger partial charge in [-0.3, -0.25) is 0 Å². The topological polar surface area (TPSA) is 90.2 Å². The van der Waals surface area contributed by atoms with E-state index >= 15 is 0 Å². The van der Waals surface area contributed by atoms with Gasteiger partial charge in [0, 0.05) is 0 Å². The second-order valence-electron chi connectivity index (χ2n) is 2.27. The van der Waals surface area contributed by atoms with Crippen molar-refractivity contribution in [1.29, 1.82) is 0 Å². The third kappa shape index (κ3) is 1.28. The largest absolute Gasteiger partial charge is 0.388 e. The van der Waals surface area contributed by atoms with Gasteiger partial charge < -0.3 is 25.2 Å². The lowest BCUT2D eigenvalue weighted by Crippen LogP contribution is -2.52. The van der Waals surface area contributed by atoms with Gasteiger partial charge in [-0.1, -0.05) is 0 Å². The summed E-state index contributed by atoms with van der Waals surface area (Å²) in [4.78, 5) is 0. The molecule has 0 bridgehead atoms. The van der Waals surface area contributed by atoms with Crippen molar-refractivity contribution in [1.82, 2.24) is 0 Å². The summed E-state index contributed by atoms with van der Waals surface area (Å²) in [6.45, 7) is -0.153. The third-order valence-electron chi connectivity index (χ3n) is 1.47. The summed E-state index contributed by atoms with van der Waals surface area (Å²) in [5.41, 5.74) is 0. The summed E-state index contributed by atoms with van der Waals surface area (Å²) in [6, 6.07) is 0. The predicted molar refractivity (Wildman–Crippen MR) is 30.0 cm³/mol. The first-order valence-corrected chi connectivity index (χ1v) is 2.97. The van der Waals surface area contributed by atoms with Crippen LogP contribution >= 0.6 is 0 Å². The van der Waals surface area contributed by atoms with Gasteiger partial charge in [0.05, 0.1) is 6.61 Å². The molecule has 0 aromatic heterocycles. The molecule has 1 saturated heterocycles. The van der Waals surface area contributed by atoms with Crippen molar-refractivity contribution in [3.8, 4) is 0 Å². The van der Waals surface area contributed by atoms with E-state index in [0.717, 1.165) is 0 Å². The maximum atomic E-state index is 8.88. The number of hydrogen-bond donors (Lipinski definition) is 4. The van der Waals surface area contributed by atoms with Gasteiger partial charge in [-0.25, -0.2) is 0 Å². The van der Waals surface area contributed by atoms with E-state index in [0.29, 0.717) is 0 Å². The molecule has 5 heteroatoms. The van der Waals surface area contributed by atoms with Gasteiger partial charge in [-0.05, 0) is 0 Å². The van der Waals surface area contributed by atoms with Gasteiger partial charge in [-0.2, -0.15) is 0 Å². The summed E-state index contributed by atoms with van der Waals surface area (Å²) in [6.07, 6.45) is -5.23. The molecule has 4 N–H and O–H groups in total. The summed E-state index contributed by atoms with van der Waals surface area (Å²) in [5, 5.41) is 35.3. The van der Waals surface area contributed by atoms with Crippen molar-refractivity contribution in [3.05, 3.63) is 0 Å². The molecule has 0 spiro atoms. The average Bonchev–Trinajstić information content (AvgIpc) is 1.93. The summed E-state index contributed by atoms with van der Waals surface area (Å²) in [5.74, 6) is 0. The van der Waals surface area contributed by atoms with Crippen LogP contribution in [0.25, 0.3) is 0 Å². The molecule has 0 aliphatic carbocycles. The summed E-state index contributed by atoms with van der Waals surface area (Å²) >= 11 is 0. The smallest absolute Gasteiger partial charge is 0.183 e. The van der Waals surface area contributed by atoms with E-state index in [1.807, 2.05) is 0 Å². The van der Waals surface area contributed by atoms with Crippen LogP contribution in [0.3, 0.4) is 0 Å². The van der Waals surface area contributed by atoms with Gasteiger partial charge in [0.1, 0.15) is 18.3 Å². The number of ether oxygens (including phenoxy) is 1. The van der Waals surface area contributed by atoms with Crippen molar-refractivity contribution in [2.24, 2.45) is 0 Å². The predicted octanol–water partition coefficient (Wildman–Crippen LogP) is -2.58. The first-order chi connectivity index (χ1) is 4.63. The maximum Gasteiger partial charge on any atom is 0.183 e. The molecule has 1 fully saturated rings. The third-order valence-corrected chi connectivity index (χ3v) is 1.47. The van der Waals surface area contributed by atoms with Crippen LogP contribution in [0.4, 0.5) is 0 Å². The maximum absolute atomic E-state index is 8.88. The van der Waals surface area contributed by atoms with Crippen LogP contribution in [0.15, 0.2) is 0 Å². The normalized spacial score (nSPS) is 49.2. The highest BCUT2D eigenvalue weighted by Gasteiger charge is 2.36. The average molecular weight is 150 g/mol. The van der Waals surface area contributed by atoms with Crippen LogP contribution in [0.2, 0.25) is 0 Å². The Labute approximate surface area is 57.5 Å². The van der Waals surface area contributed by atoms with Crippen molar-refractivity contribution in [2.75, 3.05) is 6.61 Å². The summed E-state index contributed by atoms with van der Waals surface area (Å²) < 4.78 is 4.47. The van der Waals surface area contributed by atoms with E-state index in [-0.39, 0.29) is 6.61 Å². The molecule has 0 saturated carbocycles. The molecule has 0 amide bonds. The highest BCUT2D eigenvalue weighted by Crippen LogP contribution is 2.12. The Kier molecular flexibility index (Phi) is 2.22. The van der Waals surface area contributed by atoms with Crippen LogP contribution in [-0.4, -0.2) is 51.6 Å². The molecule has 0 aromatic carbocycles. The van der Waals surface area contributed by atoms with Gasteiger partial charge in [0.2, 0.25) is 0 Å². The summed E-state index contributed by atoms with van der Waals surface area (Å²) in [7, 11) is 0. The molecule has 10 heavy (non-hydrogen) atoms. The van der Waals surface area contributed by atoms with Crippen molar-refractivity contribution < 1.29 is 25.2 Å². The molecule has 1 heterocycles. The highest BCUT2D eigenvalue weighted by molar-refractivity contribution is 4.81. The van der Waals surface area contributed by atoms with Crippen LogP contribution < -0.4 is 0 Å². The van der Waals surface area contributed by atoms with Crippen molar-refractivity contribution in [3.63, 3.8) is 0 Å². The van der Waals surface area contributed by atoms with E-state index in [2.05, 4.69) is 4.74 Å². The number of aliphatic hydroxyl groups is 4. The molecular formula is C5H10O5. The monoisotopic (exact) mass is 150 g/mol. The second-order valence-corrected chi connectivity index (χ2v) is 2.27. The zero-order valence-electron chi connectivity index (χ0n) is 5.21. The minimum absolute atomic E-state index is 0.153. The Morgan fingerprint density at radius 3 is 2.10 bits per heavy atom. The highest BCUT2D eigenvalue weighted by atomic mass is 16.6. The van der Waals surface area contributed by atoms with Gasteiger partial charge in [0.15, 0.2) is 6.29 Å². The Balaban J connectivity index is 2.52. The fraction of sp³-hybridized carbons (Fsp3) is 1.00. The fourth-order valence-corrected chi connectivity index (χ4v) is 0.791. The SMILES string of the molecule is O[C@@H]1[C@H](O)[C@H](O)OC[C@@H]1O. The fourth-order valence-electron chi connectivity index (χ4n) is 0.791. The van der Waals surface area contributed by atoms with E-state index in [4.69, 9.17) is 20.4 Å². The Morgan fingerprint density at radius 2 is 1.60 bits per heavy atom. The zero-order valence-corrected chi connectivity index (χ0v) is 5.21. The standard InChI is InChI=1S/C5H10O5/c6-2-1-10-5(9)4(8)3(2)7/h2-9H,1H2/t2-,3-,4-,5+/m0/s1. The number of rotatable bonds is 0. The van der Waals surface area contributed by atoms with E-state index in [9.17, 15) is 0 Å². The molecule has 1 rings (SSSR count). The number of aliphatic hydroxyl groups excluding tert-OH is 4. The molecule has 60 valence electrons. The van der Waals surface area contributed by atoms with Crippen molar-refractivity contribution >= 4 is 0 Å². The van der Waals surface area contributed by atoms with Gasteiger partial charge >= 0.3 is 0 Å². The van der Waals surface area contributed by atoms with Crippen LogP contribution in [0.5, 0.6) is 0 Å². The zero-order chi connectivity index (χ0) is 7.72. The van der Waals surface area contributed by atoms with Gasteiger partial charge in [-0.15, -0.1) is 0 Å². The Hall–Kier alpha value is -0.200. The second kappa shape index (κ2) is 2.81. The molecule has 5 nitrogen and oxygen atoms in total. The first-order valence-electron chi connectivity index (χ1n) is 2.97. The molecule has 0 aromatic rings. The van der Waals surface area contributed by atoms with Gasteiger partial charge in [0.25, 0.3) is 0 Å². The minimum atomic E-state index is -1.41. The molecule has 0 radical (unpaired) electrons. The van der Waals surface area contributed by atoms with E-state index in [1.165, 1.54) is 0 Å². The molecule has 1 aliphatic rings. The first kappa shape index (κ1) is 7.90.